The van der Waals surface area contributed by atoms with E-state index >= 15 is 0 Å². The number of benzene rings is 2. The lowest BCUT2D eigenvalue weighted by atomic mass is 10.0. The molecule has 1 aliphatic rings. The predicted molar refractivity (Wildman–Crippen MR) is 74.2 cm³/mol. The van der Waals surface area contributed by atoms with Crippen molar-refractivity contribution in [3.8, 4) is 11.8 Å². The number of nitrogens with one attached hydrogen (secondary N) is 1. The maximum atomic E-state index is 8.94. The smallest absolute Gasteiger partial charge is 0.143 e. The van der Waals surface area contributed by atoms with Crippen molar-refractivity contribution in [3.63, 3.8) is 0 Å². The highest BCUT2D eigenvalue weighted by Crippen LogP contribution is 2.34. The van der Waals surface area contributed by atoms with Gasteiger partial charge in [-0.1, -0.05) is 18.2 Å². The van der Waals surface area contributed by atoms with E-state index in [1.807, 2.05) is 30.3 Å². The molecule has 0 spiro atoms. The normalized spacial score (nSPS) is 16.7. The van der Waals surface area contributed by atoms with Crippen LogP contribution in [0.3, 0.4) is 0 Å². The first-order valence-electron chi connectivity index (χ1n) is 6.27. The van der Waals surface area contributed by atoms with Gasteiger partial charge in [0, 0.05) is 0 Å². The molecular weight excluding hydrogens is 236 g/mol. The van der Waals surface area contributed by atoms with E-state index in [4.69, 9.17) is 10.00 Å². The summed E-state index contributed by atoms with van der Waals surface area (Å²) in [4.78, 5) is 0. The Morgan fingerprint density at radius 2 is 2.16 bits per heavy atom. The quantitative estimate of drug-likeness (QED) is 0.843. The molecular formula is C16H14N2O. The zero-order chi connectivity index (χ0) is 13.2. The molecule has 0 saturated heterocycles. The average Bonchev–Trinajstić information content (AvgIpc) is 2.46. The van der Waals surface area contributed by atoms with Gasteiger partial charge in [0.1, 0.15) is 11.9 Å². The number of rotatable bonds is 1. The van der Waals surface area contributed by atoms with Crippen LogP contribution in [0.25, 0.3) is 0 Å². The minimum Gasteiger partial charge on any atom is -0.482 e. The molecule has 2 aromatic rings. The molecule has 3 rings (SSSR count). The molecule has 1 atom stereocenters. The van der Waals surface area contributed by atoms with Crippen LogP contribution in [-0.4, -0.2) is 6.54 Å². The first kappa shape index (κ1) is 11.6. The molecule has 1 aliphatic heterocycles. The van der Waals surface area contributed by atoms with Crippen molar-refractivity contribution in [2.45, 2.75) is 13.0 Å². The third kappa shape index (κ3) is 2.25. The summed E-state index contributed by atoms with van der Waals surface area (Å²) in [5.74, 6) is 0.865. The number of anilines is 1. The summed E-state index contributed by atoms with van der Waals surface area (Å²) < 4.78 is 6.00. The third-order valence-corrected chi connectivity index (χ3v) is 3.27. The van der Waals surface area contributed by atoms with Crippen LogP contribution >= 0.6 is 0 Å². The Morgan fingerprint density at radius 1 is 1.26 bits per heavy atom. The van der Waals surface area contributed by atoms with Crippen molar-refractivity contribution in [3.05, 3.63) is 59.2 Å². The Bertz CT molecular complexity index is 658. The van der Waals surface area contributed by atoms with Crippen LogP contribution in [0.1, 0.15) is 22.8 Å². The third-order valence-electron chi connectivity index (χ3n) is 3.27. The molecule has 1 heterocycles. The number of hydrogen-bond donors (Lipinski definition) is 1. The number of ether oxygens (including phenoxy) is 1. The summed E-state index contributed by atoms with van der Waals surface area (Å²) in [6, 6.07) is 15.8. The predicted octanol–water partition coefficient (Wildman–Crippen LogP) is 3.41. The van der Waals surface area contributed by atoms with Gasteiger partial charge in [0.05, 0.1) is 23.9 Å². The van der Waals surface area contributed by atoms with Crippen molar-refractivity contribution >= 4 is 5.69 Å². The van der Waals surface area contributed by atoms with Gasteiger partial charge in [0.15, 0.2) is 0 Å². The molecule has 0 bridgehead atoms. The van der Waals surface area contributed by atoms with Gasteiger partial charge in [-0.2, -0.15) is 5.26 Å². The molecule has 3 heteroatoms. The van der Waals surface area contributed by atoms with Gasteiger partial charge in [-0.25, -0.2) is 0 Å². The number of fused-ring (bicyclic) bond motifs is 1. The topological polar surface area (TPSA) is 45.0 Å². The standard InChI is InChI=1S/C16H14N2O/c1-11-5-6-15-14(7-11)18-10-16(19-15)13-4-2-3-12(8-13)9-17/h2-8,16,18H,10H2,1H3. The van der Waals surface area contributed by atoms with E-state index in [0.29, 0.717) is 12.1 Å². The van der Waals surface area contributed by atoms with Crippen LogP contribution < -0.4 is 10.1 Å². The van der Waals surface area contributed by atoms with Crippen LogP contribution in [0.2, 0.25) is 0 Å². The highest BCUT2D eigenvalue weighted by Gasteiger charge is 2.20. The Hall–Kier alpha value is -2.47. The minimum atomic E-state index is -0.0523. The van der Waals surface area contributed by atoms with E-state index in [1.165, 1.54) is 5.56 Å². The molecule has 3 nitrogen and oxygen atoms in total. The number of hydrogen-bond acceptors (Lipinski definition) is 3. The zero-order valence-corrected chi connectivity index (χ0v) is 10.7. The van der Waals surface area contributed by atoms with E-state index in [2.05, 4.69) is 24.4 Å². The van der Waals surface area contributed by atoms with Crippen LogP contribution in [0.5, 0.6) is 5.75 Å². The van der Waals surface area contributed by atoms with Gasteiger partial charge < -0.3 is 10.1 Å². The molecule has 0 fully saturated rings. The maximum absolute atomic E-state index is 8.94. The second-order valence-electron chi connectivity index (χ2n) is 4.72. The van der Waals surface area contributed by atoms with E-state index < -0.39 is 0 Å². The van der Waals surface area contributed by atoms with E-state index in [-0.39, 0.29) is 6.10 Å². The minimum absolute atomic E-state index is 0.0523. The molecule has 0 aliphatic carbocycles. The van der Waals surface area contributed by atoms with Crippen molar-refractivity contribution < 1.29 is 4.74 Å². The van der Waals surface area contributed by atoms with Gasteiger partial charge in [0.25, 0.3) is 0 Å². The molecule has 94 valence electrons. The van der Waals surface area contributed by atoms with Crippen LogP contribution in [0.4, 0.5) is 5.69 Å². The first-order valence-corrected chi connectivity index (χ1v) is 6.27. The van der Waals surface area contributed by atoms with E-state index in [1.54, 1.807) is 6.07 Å². The van der Waals surface area contributed by atoms with Gasteiger partial charge in [0.2, 0.25) is 0 Å². The highest BCUT2D eigenvalue weighted by atomic mass is 16.5. The van der Waals surface area contributed by atoms with Crippen molar-refractivity contribution in [1.29, 1.82) is 5.26 Å². The number of nitriles is 1. The Labute approximate surface area is 112 Å². The molecule has 0 saturated carbocycles. The Morgan fingerprint density at radius 3 is 3.00 bits per heavy atom. The van der Waals surface area contributed by atoms with Gasteiger partial charge in [-0.05, 0) is 42.3 Å². The maximum Gasteiger partial charge on any atom is 0.143 e. The lowest BCUT2D eigenvalue weighted by molar-refractivity contribution is 0.210. The van der Waals surface area contributed by atoms with Crippen molar-refractivity contribution in [2.75, 3.05) is 11.9 Å². The van der Waals surface area contributed by atoms with Crippen LogP contribution in [-0.2, 0) is 0 Å². The summed E-state index contributed by atoms with van der Waals surface area (Å²) in [5, 5.41) is 12.3. The molecule has 0 aromatic heterocycles. The van der Waals surface area contributed by atoms with E-state index in [0.717, 1.165) is 17.0 Å². The monoisotopic (exact) mass is 250 g/mol. The Balaban J connectivity index is 1.89. The van der Waals surface area contributed by atoms with Crippen LogP contribution in [0.15, 0.2) is 42.5 Å². The fraction of sp³-hybridized carbons (Fsp3) is 0.188. The molecule has 2 aromatic carbocycles. The van der Waals surface area contributed by atoms with Crippen LogP contribution in [0, 0.1) is 18.3 Å². The fourth-order valence-electron chi connectivity index (χ4n) is 2.28. The summed E-state index contributed by atoms with van der Waals surface area (Å²) in [5.41, 5.74) is 3.93. The Kier molecular flexibility index (Phi) is 2.85. The molecule has 1 unspecified atom stereocenters. The average molecular weight is 250 g/mol. The molecule has 0 amide bonds. The molecule has 19 heavy (non-hydrogen) atoms. The SMILES string of the molecule is Cc1ccc2c(c1)NCC(c1cccc(C#N)c1)O2. The summed E-state index contributed by atoms with van der Waals surface area (Å²) >= 11 is 0. The highest BCUT2D eigenvalue weighted by molar-refractivity contribution is 5.59. The summed E-state index contributed by atoms with van der Waals surface area (Å²) in [6.45, 7) is 2.77. The zero-order valence-electron chi connectivity index (χ0n) is 10.7. The summed E-state index contributed by atoms with van der Waals surface area (Å²) in [7, 11) is 0. The number of nitrogens with zero attached hydrogens (tertiary/aromatic N) is 1. The second-order valence-corrected chi connectivity index (χ2v) is 4.72. The van der Waals surface area contributed by atoms with Gasteiger partial charge >= 0.3 is 0 Å². The number of aryl methyl sites for hydroxylation is 1. The largest absolute Gasteiger partial charge is 0.482 e. The lowest BCUT2D eigenvalue weighted by Gasteiger charge is -2.28. The van der Waals surface area contributed by atoms with Crippen molar-refractivity contribution in [2.24, 2.45) is 0 Å². The first-order chi connectivity index (χ1) is 9.26. The van der Waals surface area contributed by atoms with Crippen molar-refractivity contribution in [1.82, 2.24) is 0 Å². The molecule has 0 radical (unpaired) electrons. The van der Waals surface area contributed by atoms with Gasteiger partial charge in [-0.15, -0.1) is 0 Å². The van der Waals surface area contributed by atoms with E-state index in [9.17, 15) is 0 Å². The van der Waals surface area contributed by atoms with Gasteiger partial charge in [-0.3, -0.25) is 0 Å². The second kappa shape index (κ2) is 4.66. The fourth-order valence-corrected chi connectivity index (χ4v) is 2.28. The lowest BCUT2D eigenvalue weighted by Crippen LogP contribution is -2.23. The summed E-state index contributed by atoms with van der Waals surface area (Å²) in [6.07, 6.45) is -0.0523. The molecule has 1 N–H and O–H groups in total.